The van der Waals surface area contributed by atoms with Crippen molar-refractivity contribution in [1.29, 1.82) is 5.41 Å². The van der Waals surface area contributed by atoms with Crippen LogP contribution in [-0.4, -0.2) is 30.4 Å². The summed E-state index contributed by atoms with van der Waals surface area (Å²) >= 11 is 0. The van der Waals surface area contributed by atoms with E-state index < -0.39 is 18.4 Å². The van der Waals surface area contributed by atoms with E-state index in [4.69, 9.17) is 19.6 Å². The Morgan fingerprint density at radius 1 is 1.17 bits per heavy atom. The predicted octanol–water partition coefficient (Wildman–Crippen LogP) is 3.63. The third-order valence-electron chi connectivity index (χ3n) is 4.46. The molecule has 126 valence electrons. The lowest BCUT2D eigenvalue weighted by molar-refractivity contribution is -0.243. The molecule has 0 aliphatic carbocycles. The third-order valence-corrected chi connectivity index (χ3v) is 4.46. The summed E-state index contributed by atoms with van der Waals surface area (Å²) in [5, 5.41) is 7.56. The van der Waals surface area contributed by atoms with Crippen LogP contribution in [0.5, 0.6) is 0 Å². The van der Waals surface area contributed by atoms with Crippen molar-refractivity contribution in [2.75, 3.05) is 0 Å². The Bertz CT molecular complexity index is 545. The lowest BCUT2D eigenvalue weighted by atomic mass is 9.82. The van der Waals surface area contributed by atoms with Gasteiger partial charge in [0.15, 0.2) is 12.0 Å². The van der Waals surface area contributed by atoms with Crippen LogP contribution < -0.4 is 0 Å². The van der Waals surface area contributed by atoms with E-state index in [0.717, 1.165) is 6.42 Å². The summed E-state index contributed by atoms with van der Waals surface area (Å²) in [7, 11) is 0. The second kappa shape index (κ2) is 7.59. The number of hydrogen-bond donors (Lipinski definition) is 1. The van der Waals surface area contributed by atoms with Gasteiger partial charge >= 0.3 is 5.97 Å². The first kappa shape index (κ1) is 17.5. The molecule has 5 heteroatoms. The van der Waals surface area contributed by atoms with Crippen molar-refractivity contribution in [1.82, 2.24) is 0 Å². The first-order valence-electron chi connectivity index (χ1n) is 8.07. The molecule has 1 saturated heterocycles. The molecule has 0 amide bonds. The average Bonchev–Trinajstić information content (AvgIpc) is 2.54. The lowest BCUT2D eigenvalue weighted by Gasteiger charge is -2.43. The van der Waals surface area contributed by atoms with Gasteiger partial charge in [-0.25, -0.2) is 4.79 Å². The molecule has 1 unspecified atom stereocenters. The summed E-state index contributed by atoms with van der Waals surface area (Å²) < 4.78 is 17.1. The molecule has 2 rings (SSSR count). The number of nitrogens with one attached hydrogen (secondary N) is 1. The molecule has 1 aromatic rings. The van der Waals surface area contributed by atoms with Crippen LogP contribution in [0.4, 0.5) is 0 Å². The normalized spacial score (nSPS) is 30.5. The minimum absolute atomic E-state index is 0.0287. The van der Waals surface area contributed by atoms with Crippen LogP contribution in [0.2, 0.25) is 0 Å². The number of carbonyl (C=O) groups is 1. The van der Waals surface area contributed by atoms with Gasteiger partial charge in [-0.15, -0.1) is 0 Å². The van der Waals surface area contributed by atoms with Gasteiger partial charge in [0.25, 0.3) is 0 Å². The SMILES string of the molecule is CC[C@H]1OC(OC(C)=N)[C@H](OC(=O)c2ccccc2)[C@@H](C)[C@@H]1C. The fourth-order valence-corrected chi connectivity index (χ4v) is 2.93. The molecule has 1 N–H and O–H groups in total. The van der Waals surface area contributed by atoms with Crippen molar-refractivity contribution < 1.29 is 19.0 Å². The van der Waals surface area contributed by atoms with Crippen molar-refractivity contribution in [2.24, 2.45) is 11.8 Å². The van der Waals surface area contributed by atoms with Crippen LogP contribution in [0.15, 0.2) is 30.3 Å². The Hall–Kier alpha value is -1.88. The molecule has 0 radical (unpaired) electrons. The Morgan fingerprint density at radius 3 is 2.39 bits per heavy atom. The van der Waals surface area contributed by atoms with Crippen molar-refractivity contribution in [2.45, 2.75) is 52.6 Å². The molecule has 1 aliphatic rings. The second-order valence-electron chi connectivity index (χ2n) is 6.08. The Balaban J connectivity index is 2.17. The molecular weight excluding hydrogens is 294 g/mol. The molecular formula is C18H25NO4. The van der Waals surface area contributed by atoms with E-state index >= 15 is 0 Å². The molecule has 0 bridgehead atoms. The quantitative estimate of drug-likeness (QED) is 0.523. The Labute approximate surface area is 137 Å². The number of ether oxygens (including phenoxy) is 3. The van der Waals surface area contributed by atoms with Gasteiger partial charge in [0.2, 0.25) is 6.29 Å². The summed E-state index contributed by atoms with van der Waals surface area (Å²) in [4.78, 5) is 12.4. The molecule has 23 heavy (non-hydrogen) atoms. The van der Waals surface area contributed by atoms with Gasteiger partial charge in [0.05, 0.1) is 11.7 Å². The maximum atomic E-state index is 12.4. The topological polar surface area (TPSA) is 68.6 Å². The highest BCUT2D eigenvalue weighted by molar-refractivity contribution is 5.89. The number of hydrogen-bond acceptors (Lipinski definition) is 5. The Kier molecular flexibility index (Phi) is 5.77. The molecule has 1 fully saturated rings. The maximum absolute atomic E-state index is 12.4. The van der Waals surface area contributed by atoms with E-state index in [2.05, 4.69) is 13.8 Å². The highest BCUT2D eigenvalue weighted by Gasteiger charge is 2.44. The van der Waals surface area contributed by atoms with E-state index in [9.17, 15) is 4.79 Å². The minimum atomic E-state index is -0.740. The molecule has 0 aromatic heterocycles. The van der Waals surface area contributed by atoms with Crippen molar-refractivity contribution in [3.63, 3.8) is 0 Å². The molecule has 0 spiro atoms. The van der Waals surface area contributed by atoms with Crippen LogP contribution in [0, 0.1) is 17.2 Å². The van der Waals surface area contributed by atoms with Gasteiger partial charge in [-0.1, -0.05) is 39.0 Å². The first-order chi connectivity index (χ1) is 10.9. The van der Waals surface area contributed by atoms with Crippen molar-refractivity contribution in [3.05, 3.63) is 35.9 Å². The Morgan fingerprint density at radius 2 is 1.83 bits per heavy atom. The molecule has 1 aliphatic heterocycles. The van der Waals surface area contributed by atoms with Gasteiger partial charge in [-0.2, -0.15) is 0 Å². The predicted molar refractivity (Wildman–Crippen MR) is 87.4 cm³/mol. The first-order valence-corrected chi connectivity index (χ1v) is 8.07. The fraction of sp³-hybridized carbons (Fsp3) is 0.556. The molecule has 5 atom stereocenters. The molecule has 1 aromatic carbocycles. The molecule has 0 saturated carbocycles. The lowest BCUT2D eigenvalue weighted by Crippen LogP contribution is -2.52. The van der Waals surface area contributed by atoms with E-state index in [0.29, 0.717) is 5.56 Å². The smallest absolute Gasteiger partial charge is 0.338 e. The highest BCUT2D eigenvalue weighted by atomic mass is 16.7. The third kappa shape index (κ3) is 4.10. The van der Waals surface area contributed by atoms with E-state index in [1.54, 1.807) is 31.2 Å². The van der Waals surface area contributed by atoms with Crippen LogP contribution in [0.25, 0.3) is 0 Å². The summed E-state index contributed by atoms with van der Waals surface area (Å²) in [6, 6.07) is 8.87. The number of esters is 1. The van der Waals surface area contributed by atoms with Gasteiger partial charge < -0.3 is 14.2 Å². The zero-order chi connectivity index (χ0) is 17.0. The highest BCUT2D eigenvalue weighted by Crippen LogP contribution is 2.35. The number of benzene rings is 1. The fourth-order valence-electron chi connectivity index (χ4n) is 2.93. The number of carbonyl (C=O) groups excluding carboxylic acids is 1. The average molecular weight is 319 g/mol. The van der Waals surface area contributed by atoms with Crippen LogP contribution in [0.3, 0.4) is 0 Å². The largest absolute Gasteiger partial charge is 0.452 e. The summed E-state index contributed by atoms with van der Waals surface area (Å²) in [6.45, 7) is 7.73. The van der Waals surface area contributed by atoms with Gasteiger partial charge in [0.1, 0.15) is 0 Å². The van der Waals surface area contributed by atoms with E-state index in [1.807, 2.05) is 13.0 Å². The van der Waals surface area contributed by atoms with Gasteiger partial charge in [0, 0.05) is 12.8 Å². The molecule has 5 nitrogen and oxygen atoms in total. The second-order valence-corrected chi connectivity index (χ2v) is 6.08. The van der Waals surface area contributed by atoms with Crippen molar-refractivity contribution in [3.8, 4) is 0 Å². The standard InChI is InChI=1S/C18H25NO4/c1-5-15-11(2)12(3)16(18(22-15)21-13(4)19)23-17(20)14-9-7-6-8-10-14/h6-12,15-16,18-19H,5H2,1-4H3/t11-,12-,15+,16+,18?/m0/s1. The maximum Gasteiger partial charge on any atom is 0.338 e. The summed E-state index contributed by atoms with van der Waals surface area (Å²) in [5.41, 5.74) is 0.496. The minimum Gasteiger partial charge on any atom is -0.452 e. The summed E-state index contributed by atoms with van der Waals surface area (Å²) in [5.74, 6) is -0.0398. The van der Waals surface area contributed by atoms with Gasteiger partial charge in [-0.3, -0.25) is 5.41 Å². The molecule has 1 heterocycles. The van der Waals surface area contributed by atoms with E-state index in [-0.39, 0.29) is 23.8 Å². The van der Waals surface area contributed by atoms with Crippen LogP contribution >= 0.6 is 0 Å². The van der Waals surface area contributed by atoms with Crippen LogP contribution in [-0.2, 0) is 14.2 Å². The zero-order valence-electron chi connectivity index (χ0n) is 14.1. The zero-order valence-corrected chi connectivity index (χ0v) is 14.1. The van der Waals surface area contributed by atoms with Crippen molar-refractivity contribution >= 4 is 11.9 Å². The monoisotopic (exact) mass is 319 g/mol. The van der Waals surface area contributed by atoms with Crippen LogP contribution in [0.1, 0.15) is 44.5 Å². The van der Waals surface area contributed by atoms with Gasteiger partial charge in [-0.05, 0) is 24.5 Å². The van der Waals surface area contributed by atoms with E-state index in [1.165, 1.54) is 0 Å². The summed E-state index contributed by atoms with van der Waals surface area (Å²) in [6.07, 6.45) is -0.403. The number of rotatable bonds is 4.